The van der Waals surface area contributed by atoms with E-state index in [1.807, 2.05) is 13.0 Å². The Balaban J connectivity index is 2.10. The highest BCUT2D eigenvalue weighted by Crippen LogP contribution is 2.30. The Bertz CT molecular complexity index is 907. The quantitative estimate of drug-likeness (QED) is 0.573. The largest absolute Gasteiger partial charge is 0.355 e. The summed E-state index contributed by atoms with van der Waals surface area (Å²) in [6, 6.07) is 8.59. The molecule has 0 spiro atoms. The Hall–Kier alpha value is -3.00. The van der Waals surface area contributed by atoms with Crippen LogP contribution >= 0.6 is 11.6 Å². The lowest BCUT2D eigenvalue weighted by atomic mass is 10.3. The van der Waals surface area contributed by atoms with Gasteiger partial charge in [-0.05, 0) is 44.2 Å². The maximum Gasteiger partial charge on any atom is 0.355 e. The molecule has 0 saturated heterocycles. The van der Waals surface area contributed by atoms with E-state index in [1.54, 1.807) is 31.2 Å². The number of halogens is 1. The molecule has 1 aromatic carbocycles. The Morgan fingerprint density at radius 3 is 2.50 bits per heavy atom. The number of aromatic nitrogens is 4. The van der Waals surface area contributed by atoms with E-state index in [-0.39, 0.29) is 17.3 Å². The van der Waals surface area contributed by atoms with Gasteiger partial charge in [0.15, 0.2) is 0 Å². The first-order valence-corrected chi connectivity index (χ1v) is 7.39. The SMILES string of the molecule is Cc1cc(C)n(-c2ncnc(Nc3ccc(Cl)cc3)c2[N+](=O)[O-])n1. The molecule has 9 heteroatoms. The molecule has 0 aliphatic carbocycles. The van der Waals surface area contributed by atoms with E-state index in [9.17, 15) is 10.1 Å². The molecule has 0 aliphatic heterocycles. The van der Waals surface area contributed by atoms with Crippen LogP contribution in [0.1, 0.15) is 11.4 Å². The van der Waals surface area contributed by atoms with Gasteiger partial charge in [-0.1, -0.05) is 11.6 Å². The highest BCUT2D eigenvalue weighted by molar-refractivity contribution is 6.30. The molecule has 2 heterocycles. The van der Waals surface area contributed by atoms with Crippen molar-refractivity contribution in [2.75, 3.05) is 5.32 Å². The molecule has 0 saturated carbocycles. The topological polar surface area (TPSA) is 98.8 Å². The summed E-state index contributed by atoms with van der Waals surface area (Å²) in [5.74, 6) is 0.192. The summed E-state index contributed by atoms with van der Waals surface area (Å²) >= 11 is 5.85. The minimum atomic E-state index is -0.524. The van der Waals surface area contributed by atoms with Gasteiger partial charge in [0.2, 0.25) is 11.6 Å². The standard InChI is InChI=1S/C15H13ClN6O2/c1-9-7-10(2)21(20-9)15-13(22(23)24)14(17-8-18-15)19-12-5-3-11(16)4-6-12/h3-8H,1-2H3,(H,17,18,19). The second-order valence-electron chi connectivity index (χ2n) is 5.12. The normalized spacial score (nSPS) is 10.6. The molecule has 0 amide bonds. The van der Waals surface area contributed by atoms with Gasteiger partial charge in [-0.3, -0.25) is 10.1 Å². The molecule has 0 unspecified atom stereocenters. The zero-order valence-electron chi connectivity index (χ0n) is 12.9. The van der Waals surface area contributed by atoms with E-state index in [0.29, 0.717) is 10.7 Å². The second kappa shape index (κ2) is 6.25. The predicted octanol–water partition coefficient (Wildman–Crippen LogP) is 3.58. The van der Waals surface area contributed by atoms with Gasteiger partial charge < -0.3 is 5.32 Å². The zero-order chi connectivity index (χ0) is 17.3. The highest BCUT2D eigenvalue weighted by atomic mass is 35.5. The average Bonchev–Trinajstić information content (AvgIpc) is 2.87. The van der Waals surface area contributed by atoms with Crippen LogP contribution in [0.15, 0.2) is 36.7 Å². The number of anilines is 2. The van der Waals surface area contributed by atoms with E-state index < -0.39 is 4.92 Å². The molecule has 8 nitrogen and oxygen atoms in total. The van der Waals surface area contributed by atoms with Crippen molar-refractivity contribution >= 4 is 28.8 Å². The van der Waals surface area contributed by atoms with Gasteiger partial charge in [-0.25, -0.2) is 14.6 Å². The van der Waals surface area contributed by atoms with Crippen molar-refractivity contribution in [3.05, 3.63) is 63.2 Å². The number of nitro groups is 1. The van der Waals surface area contributed by atoms with Gasteiger partial charge in [0.05, 0.1) is 10.6 Å². The van der Waals surface area contributed by atoms with Crippen molar-refractivity contribution < 1.29 is 4.92 Å². The monoisotopic (exact) mass is 344 g/mol. The molecule has 3 aromatic rings. The maximum atomic E-state index is 11.6. The summed E-state index contributed by atoms with van der Waals surface area (Å²) < 4.78 is 1.43. The van der Waals surface area contributed by atoms with Gasteiger partial charge in [0.25, 0.3) is 0 Å². The lowest BCUT2D eigenvalue weighted by Crippen LogP contribution is -2.09. The van der Waals surface area contributed by atoms with Crippen LogP contribution in [0.5, 0.6) is 0 Å². The number of nitrogens with one attached hydrogen (secondary N) is 1. The Morgan fingerprint density at radius 1 is 1.21 bits per heavy atom. The predicted molar refractivity (Wildman–Crippen MR) is 90.0 cm³/mol. The van der Waals surface area contributed by atoms with Crippen molar-refractivity contribution in [2.24, 2.45) is 0 Å². The fraction of sp³-hybridized carbons (Fsp3) is 0.133. The van der Waals surface area contributed by atoms with Crippen molar-refractivity contribution in [1.82, 2.24) is 19.7 Å². The lowest BCUT2D eigenvalue weighted by Gasteiger charge is -2.09. The summed E-state index contributed by atoms with van der Waals surface area (Å²) in [6.07, 6.45) is 1.26. The van der Waals surface area contributed by atoms with E-state index in [2.05, 4.69) is 20.4 Å². The summed E-state index contributed by atoms with van der Waals surface area (Å²) in [7, 11) is 0. The molecular formula is C15H13ClN6O2. The first-order valence-electron chi connectivity index (χ1n) is 7.01. The van der Waals surface area contributed by atoms with Crippen molar-refractivity contribution in [3.8, 4) is 5.82 Å². The maximum absolute atomic E-state index is 11.6. The van der Waals surface area contributed by atoms with Crippen LogP contribution in [0.4, 0.5) is 17.2 Å². The van der Waals surface area contributed by atoms with Gasteiger partial charge in [-0.15, -0.1) is 0 Å². The number of rotatable bonds is 4. The summed E-state index contributed by atoms with van der Waals surface area (Å²) in [4.78, 5) is 19.1. The number of hydrogen-bond donors (Lipinski definition) is 1. The van der Waals surface area contributed by atoms with Crippen LogP contribution in [-0.2, 0) is 0 Å². The molecule has 0 aliphatic rings. The van der Waals surface area contributed by atoms with E-state index in [4.69, 9.17) is 11.6 Å². The molecule has 122 valence electrons. The molecule has 2 aromatic heterocycles. The molecule has 0 fully saturated rings. The lowest BCUT2D eigenvalue weighted by molar-refractivity contribution is -0.384. The number of nitrogens with zero attached hydrogens (tertiary/aromatic N) is 5. The van der Waals surface area contributed by atoms with Gasteiger partial charge in [0, 0.05) is 16.4 Å². The average molecular weight is 345 g/mol. The summed E-state index contributed by atoms with van der Waals surface area (Å²) in [5, 5.41) is 19.4. The Kier molecular flexibility index (Phi) is 4.13. The Labute approximate surface area is 142 Å². The first kappa shape index (κ1) is 15.9. The molecule has 1 N–H and O–H groups in total. The third kappa shape index (κ3) is 3.04. The van der Waals surface area contributed by atoms with Gasteiger partial charge in [-0.2, -0.15) is 5.10 Å². The fourth-order valence-electron chi connectivity index (χ4n) is 2.30. The van der Waals surface area contributed by atoms with Crippen LogP contribution in [0.3, 0.4) is 0 Å². The van der Waals surface area contributed by atoms with Crippen molar-refractivity contribution in [3.63, 3.8) is 0 Å². The highest BCUT2D eigenvalue weighted by Gasteiger charge is 2.26. The Morgan fingerprint density at radius 2 is 1.92 bits per heavy atom. The minimum Gasteiger partial charge on any atom is -0.334 e. The van der Waals surface area contributed by atoms with E-state index in [0.717, 1.165) is 11.4 Å². The smallest absolute Gasteiger partial charge is 0.334 e. The van der Waals surface area contributed by atoms with Crippen LogP contribution in [0.2, 0.25) is 5.02 Å². The minimum absolute atomic E-state index is 0.0832. The van der Waals surface area contributed by atoms with Crippen molar-refractivity contribution in [2.45, 2.75) is 13.8 Å². The molecule has 24 heavy (non-hydrogen) atoms. The molecule has 0 radical (unpaired) electrons. The summed E-state index contributed by atoms with van der Waals surface area (Å²) in [5.41, 5.74) is 1.86. The van der Waals surface area contributed by atoms with Gasteiger partial charge >= 0.3 is 5.69 Å². The van der Waals surface area contributed by atoms with E-state index >= 15 is 0 Å². The van der Waals surface area contributed by atoms with Crippen LogP contribution in [0.25, 0.3) is 5.82 Å². The van der Waals surface area contributed by atoms with E-state index in [1.165, 1.54) is 11.0 Å². The molecule has 3 rings (SSSR count). The third-order valence-corrected chi connectivity index (χ3v) is 3.55. The first-order chi connectivity index (χ1) is 11.5. The summed E-state index contributed by atoms with van der Waals surface area (Å²) in [6.45, 7) is 3.61. The zero-order valence-corrected chi connectivity index (χ0v) is 13.7. The van der Waals surface area contributed by atoms with Gasteiger partial charge in [0.1, 0.15) is 6.33 Å². The number of benzene rings is 1. The van der Waals surface area contributed by atoms with Crippen LogP contribution < -0.4 is 5.32 Å². The molecule has 0 bridgehead atoms. The number of hydrogen-bond acceptors (Lipinski definition) is 6. The molecule has 0 atom stereocenters. The van der Waals surface area contributed by atoms with Crippen LogP contribution in [0, 0.1) is 24.0 Å². The fourth-order valence-corrected chi connectivity index (χ4v) is 2.42. The number of aryl methyl sites for hydroxylation is 2. The third-order valence-electron chi connectivity index (χ3n) is 3.30. The van der Waals surface area contributed by atoms with Crippen molar-refractivity contribution in [1.29, 1.82) is 0 Å². The molecular weight excluding hydrogens is 332 g/mol. The second-order valence-corrected chi connectivity index (χ2v) is 5.56. The van der Waals surface area contributed by atoms with Crippen LogP contribution in [-0.4, -0.2) is 24.7 Å².